The number of aryl methyl sites for hydroxylation is 2. The molecular weight excluding hydrogens is 284 g/mol. The first-order valence-electron chi connectivity index (χ1n) is 8.52. The van der Waals surface area contributed by atoms with E-state index in [1.165, 1.54) is 31.2 Å². The van der Waals surface area contributed by atoms with Gasteiger partial charge >= 0.3 is 0 Å². The summed E-state index contributed by atoms with van der Waals surface area (Å²) in [5, 5.41) is 3.67. The van der Waals surface area contributed by atoms with Crippen LogP contribution >= 0.6 is 0 Å². The molecule has 1 heterocycles. The Balaban J connectivity index is 1.74. The molecule has 0 saturated heterocycles. The molecule has 1 saturated carbocycles. The highest BCUT2D eigenvalue weighted by molar-refractivity contribution is 5.62. The Morgan fingerprint density at radius 1 is 1.13 bits per heavy atom. The molecule has 0 bridgehead atoms. The van der Waals surface area contributed by atoms with E-state index in [0.29, 0.717) is 6.04 Å². The van der Waals surface area contributed by atoms with Crippen molar-refractivity contribution in [2.24, 2.45) is 0 Å². The van der Waals surface area contributed by atoms with Gasteiger partial charge in [-0.25, -0.2) is 0 Å². The Labute approximate surface area is 139 Å². The highest BCUT2D eigenvalue weighted by atomic mass is 16.5. The summed E-state index contributed by atoms with van der Waals surface area (Å²) in [7, 11) is 1.70. The SMILES string of the molecule is COc1ccc(-c2ccc(CNC3CCCC3)c(C)n2)cc1C. The molecule has 0 radical (unpaired) electrons. The monoisotopic (exact) mass is 310 g/mol. The van der Waals surface area contributed by atoms with Gasteiger partial charge in [-0.2, -0.15) is 0 Å². The van der Waals surface area contributed by atoms with E-state index in [0.717, 1.165) is 34.8 Å². The number of nitrogens with one attached hydrogen (secondary N) is 1. The fourth-order valence-corrected chi connectivity index (χ4v) is 3.36. The van der Waals surface area contributed by atoms with Crippen LogP contribution < -0.4 is 10.1 Å². The average Bonchev–Trinajstić information content (AvgIpc) is 3.07. The predicted octanol–water partition coefficient (Wildman–Crippen LogP) is 4.41. The molecule has 3 rings (SSSR count). The standard InChI is InChI=1S/C20H26N2O/c1-14-12-16(9-11-20(14)23-3)19-10-8-17(15(2)22-19)13-21-18-6-4-5-7-18/h8-12,18,21H,4-7,13H2,1-3H3. The molecule has 0 unspecified atom stereocenters. The summed E-state index contributed by atoms with van der Waals surface area (Å²) in [4.78, 5) is 4.80. The highest BCUT2D eigenvalue weighted by Gasteiger charge is 2.14. The summed E-state index contributed by atoms with van der Waals surface area (Å²) in [5.41, 5.74) is 5.71. The molecule has 0 spiro atoms. The number of hydrogen-bond acceptors (Lipinski definition) is 3. The second kappa shape index (κ2) is 7.14. The van der Waals surface area contributed by atoms with Gasteiger partial charge in [-0.1, -0.05) is 18.9 Å². The first-order valence-corrected chi connectivity index (χ1v) is 8.52. The minimum atomic E-state index is 0.693. The van der Waals surface area contributed by atoms with E-state index in [1.54, 1.807) is 7.11 Å². The van der Waals surface area contributed by atoms with E-state index in [2.05, 4.69) is 43.4 Å². The maximum absolute atomic E-state index is 5.33. The molecule has 1 aliphatic carbocycles. The fourth-order valence-electron chi connectivity index (χ4n) is 3.36. The van der Waals surface area contributed by atoms with Crippen molar-refractivity contribution in [2.75, 3.05) is 7.11 Å². The van der Waals surface area contributed by atoms with Crippen molar-refractivity contribution in [1.82, 2.24) is 10.3 Å². The topological polar surface area (TPSA) is 34.1 Å². The summed E-state index contributed by atoms with van der Waals surface area (Å²) in [6.45, 7) is 5.09. The molecule has 1 aliphatic rings. The van der Waals surface area contributed by atoms with Crippen molar-refractivity contribution < 1.29 is 4.74 Å². The smallest absolute Gasteiger partial charge is 0.121 e. The van der Waals surface area contributed by atoms with E-state index < -0.39 is 0 Å². The second-order valence-electron chi connectivity index (χ2n) is 6.49. The number of aromatic nitrogens is 1. The van der Waals surface area contributed by atoms with Crippen molar-refractivity contribution in [1.29, 1.82) is 0 Å². The molecule has 1 fully saturated rings. The van der Waals surface area contributed by atoms with Crippen LogP contribution in [0.25, 0.3) is 11.3 Å². The van der Waals surface area contributed by atoms with Gasteiger partial charge in [-0.15, -0.1) is 0 Å². The number of nitrogens with zero attached hydrogens (tertiary/aromatic N) is 1. The summed E-state index contributed by atoms with van der Waals surface area (Å²) in [6.07, 6.45) is 5.36. The first kappa shape index (κ1) is 16.0. The van der Waals surface area contributed by atoms with E-state index in [1.807, 2.05) is 6.07 Å². The molecule has 2 aromatic rings. The van der Waals surface area contributed by atoms with Crippen LogP contribution in [0.3, 0.4) is 0 Å². The van der Waals surface area contributed by atoms with Gasteiger partial charge in [-0.05, 0) is 62.1 Å². The number of rotatable bonds is 5. The Morgan fingerprint density at radius 3 is 2.57 bits per heavy atom. The molecule has 1 aromatic carbocycles. The highest BCUT2D eigenvalue weighted by Crippen LogP contribution is 2.26. The van der Waals surface area contributed by atoms with E-state index in [9.17, 15) is 0 Å². The van der Waals surface area contributed by atoms with E-state index in [-0.39, 0.29) is 0 Å². The molecule has 23 heavy (non-hydrogen) atoms. The lowest BCUT2D eigenvalue weighted by atomic mass is 10.1. The normalized spacial score (nSPS) is 15.1. The van der Waals surface area contributed by atoms with Gasteiger partial charge in [0.15, 0.2) is 0 Å². The van der Waals surface area contributed by atoms with Crippen LogP contribution in [0.5, 0.6) is 5.75 Å². The summed E-state index contributed by atoms with van der Waals surface area (Å²) < 4.78 is 5.33. The van der Waals surface area contributed by atoms with Crippen LogP contribution in [0.2, 0.25) is 0 Å². The predicted molar refractivity (Wildman–Crippen MR) is 94.8 cm³/mol. The lowest BCUT2D eigenvalue weighted by molar-refractivity contribution is 0.412. The molecule has 3 heteroatoms. The third kappa shape index (κ3) is 3.73. The average molecular weight is 310 g/mol. The summed E-state index contributed by atoms with van der Waals surface area (Å²) in [6, 6.07) is 11.2. The molecule has 0 aliphatic heterocycles. The third-order valence-electron chi connectivity index (χ3n) is 4.82. The van der Waals surface area contributed by atoms with Crippen molar-refractivity contribution in [3.63, 3.8) is 0 Å². The lowest BCUT2D eigenvalue weighted by Crippen LogP contribution is -2.25. The van der Waals surface area contributed by atoms with E-state index in [4.69, 9.17) is 9.72 Å². The summed E-state index contributed by atoms with van der Waals surface area (Å²) in [5.74, 6) is 0.919. The number of ether oxygens (including phenoxy) is 1. The van der Waals surface area contributed by atoms with Crippen LogP contribution in [-0.4, -0.2) is 18.1 Å². The zero-order valence-electron chi connectivity index (χ0n) is 14.4. The van der Waals surface area contributed by atoms with Gasteiger partial charge in [0.2, 0.25) is 0 Å². The van der Waals surface area contributed by atoms with E-state index >= 15 is 0 Å². The zero-order valence-corrected chi connectivity index (χ0v) is 14.4. The molecule has 1 N–H and O–H groups in total. The number of methoxy groups -OCH3 is 1. The van der Waals surface area contributed by atoms with Crippen LogP contribution in [-0.2, 0) is 6.54 Å². The molecule has 0 atom stereocenters. The van der Waals surface area contributed by atoms with Crippen molar-refractivity contribution in [2.45, 2.75) is 52.1 Å². The Kier molecular flexibility index (Phi) is 4.97. The number of pyridine rings is 1. The minimum absolute atomic E-state index is 0.693. The molecule has 1 aromatic heterocycles. The number of benzene rings is 1. The van der Waals surface area contributed by atoms with Gasteiger partial charge in [0.05, 0.1) is 12.8 Å². The van der Waals surface area contributed by atoms with Gasteiger partial charge < -0.3 is 10.1 Å². The molecular formula is C20H26N2O. The maximum atomic E-state index is 5.33. The van der Waals surface area contributed by atoms with Crippen LogP contribution in [0, 0.1) is 13.8 Å². The quantitative estimate of drug-likeness (QED) is 0.888. The van der Waals surface area contributed by atoms with Crippen LogP contribution in [0.1, 0.15) is 42.5 Å². The zero-order chi connectivity index (χ0) is 16.2. The lowest BCUT2D eigenvalue weighted by Gasteiger charge is -2.14. The van der Waals surface area contributed by atoms with Gasteiger partial charge in [0.1, 0.15) is 5.75 Å². The minimum Gasteiger partial charge on any atom is -0.496 e. The Bertz CT molecular complexity index is 675. The van der Waals surface area contributed by atoms with Crippen LogP contribution in [0.4, 0.5) is 0 Å². The molecule has 122 valence electrons. The fraction of sp³-hybridized carbons (Fsp3) is 0.450. The van der Waals surface area contributed by atoms with Crippen LogP contribution in [0.15, 0.2) is 30.3 Å². The summed E-state index contributed by atoms with van der Waals surface area (Å²) >= 11 is 0. The largest absolute Gasteiger partial charge is 0.496 e. The second-order valence-corrected chi connectivity index (χ2v) is 6.49. The maximum Gasteiger partial charge on any atom is 0.121 e. The first-order chi connectivity index (χ1) is 11.2. The molecule has 0 amide bonds. The van der Waals surface area contributed by atoms with Crippen molar-refractivity contribution in [3.8, 4) is 17.0 Å². The van der Waals surface area contributed by atoms with Gasteiger partial charge in [-0.3, -0.25) is 4.98 Å². The molecule has 3 nitrogen and oxygen atoms in total. The third-order valence-corrected chi connectivity index (χ3v) is 4.82. The Hall–Kier alpha value is -1.87. The van der Waals surface area contributed by atoms with Gasteiger partial charge in [0, 0.05) is 23.8 Å². The Morgan fingerprint density at radius 2 is 1.91 bits per heavy atom. The van der Waals surface area contributed by atoms with Crippen molar-refractivity contribution >= 4 is 0 Å². The number of hydrogen-bond donors (Lipinski definition) is 1. The van der Waals surface area contributed by atoms with Crippen molar-refractivity contribution in [3.05, 3.63) is 47.2 Å². The van der Waals surface area contributed by atoms with Gasteiger partial charge in [0.25, 0.3) is 0 Å².